The van der Waals surface area contributed by atoms with Gasteiger partial charge in [-0.2, -0.15) is 0 Å². The van der Waals surface area contributed by atoms with E-state index in [4.69, 9.17) is 4.74 Å². The topological polar surface area (TPSA) is 70.6 Å². The Bertz CT molecular complexity index is 407. The summed E-state index contributed by atoms with van der Waals surface area (Å²) < 4.78 is 5.53. The fourth-order valence-corrected chi connectivity index (χ4v) is 1.50. The Morgan fingerprint density at radius 3 is 2.68 bits per heavy atom. The number of aliphatic hydroxyl groups is 1. The van der Waals surface area contributed by atoms with E-state index in [1.165, 1.54) is 6.92 Å². The summed E-state index contributed by atoms with van der Waals surface area (Å²) in [4.78, 5) is 11.1. The number of rotatable bonds is 7. The first-order chi connectivity index (χ1) is 8.99. The summed E-state index contributed by atoms with van der Waals surface area (Å²) >= 11 is 0. The molecular weight excluding hydrogens is 244 g/mol. The third-order valence-electron chi connectivity index (χ3n) is 2.39. The van der Waals surface area contributed by atoms with Crippen LogP contribution >= 0.6 is 0 Å². The summed E-state index contributed by atoms with van der Waals surface area (Å²) in [6.45, 7) is 6.12. The van der Waals surface area contributed by atoms with Crippen LogP contribution in [0.1, 0.15) is 20.8 Å². The lowest BCUT2D eigenvalue weighted by atomic mass is 10.3. The van der Waals surface area contributed by atoms with Crippen molar-refractivity contribution in [3.8, 4) is 5.75 Å². The molecule has 0 spiro atoms. The Labute approximate surface area is 114 Å². The summed E-state index contributed by atoms with van der Waals surface area (Å²) in [6, 6.07) is 7.47. The second kappa shape index (κ2) is 7.76. The Morgan fingerprint density at radius 2 is 2.05 bits per heavy atom. The van der Waals surface area contributed by atoms with E-state index in [-0.39, 0.29) is 12.5 Å². The van der Waals surface area contributed by atoms with Crippen LogP contribution in [-0.4, -0.2) is 36.3 Å². The van der Waals surface area contributed by atoms with Crippen molar-refractivity contribution < 1.29 is 14.6 Å². The van der Waals surface area contributed by atoms with Gasteiger partial charge < -0.3 is 20.5 Å². The van der Waals surface area contributed by atoms with Gasteiger partial charge in [-0.15, -0.1) is 0 Å². The quantitative estimate of drug-likeness (QED) is 0.697. The molecule has 1 amide bonds. The standard InChI is InChI=1S/C14H22N2O3/c1-10(2)15-8-12(18)9-19-14-7-5-4-6-13(14)16-11(3)17/h4-7,10,12,15,18H,8-9H2,1-3H3,(H,16,17)/t12-/m0/s1. The van der Waals surface area contributed by atoms with Gasteiger partial charge >= 0.3 is 0 Å². The molecular formula is C14H22N2O3. The van der Waals surface area contributed by atoms with Gasteiger partial charge in [-0.25, -0.2) is 0 Å². The molecule has 0 saturated carbocycles. The predicted octanol–water partition coefficient (Wildman–Crippen LogP) is 1.38. The van der Waals surface area contributed by atoms with Crippen LogP contribution in [0.25, 0.3) is 0 Å². The zero-order chi connectivity index (χ0) is 14.3. The molecule has 0 bridgehead atoms. The number of para-hydroxylation sites is 2. The predicted molar refractivity (Wildman–Crippen MR) is 75.4 cm³/mol. The van der Waals surface area contributed by atoms with E-state index in [1.54, 1.807) is 12.1 Å². The smallest absolute Gasteiger partial charge is 0.221 e. The van der Waals surface area contributed by atoms with Crippen molar-refractivity contribution in [2.24, 2.45) is 0 Å². The molecule has 0 radical (unpaired) electrons. The van der Waals surface area contributed by atoms with Gasteiger partial charge in [-0.05, 0) is 12.1 Å². The molecule has 0 aromatic heterocycles. The molecule has 1 aromatic carbocycles. The Hall–Kier alpha value is -1.59. The van der Waals surface area contributed by atoms with Crippen LogP contribution < -0.4 is 15.4 Å². The second-order valence-corrected chi connectivity index (χ2v) is 4.71. The number of amides is 1. The molecule has 1 atom stereocenters. The van der Waals surface area contributed by atoms with Crippen LogP contribution in [0, 0.1) is 0 Å². The molecule has 19 heavy (non-hydrogen) atoms. The molecule has 5 nitrogen and oxygen atoms in total. The molecule has 0 aliphatic carbocycles. The molecule has 5 heteroatoms. The van der Waals surface area contributed by atoms with Crippen molar-refractivity contribution in [1.82, 2.24) is 5.32 Å². The maximum Gasteiger partial charge on any atom is 0.221 e. The van der Waals surface area contributed by atoms with E-state index in [1.807, 2.05) is 26.0 Å². The van der Waals surface area contributed by atoms with Crippen LogP contribution in [0.4, 0.5) is 5.69 Å². The highest BCUT2D eigenvalue weighted by Crippen LogP contribution is 2.23. The van der Waals surface area contributed by atoms with E-state index in [9.17, 15) is 9.90 Å². The Kier molecular flexibility index (Phi) is 6.32. The summed E-state index contributed by atoms with van der Waals surface area (Å²) in [6.07, 6.45) is -0.590. The maximum atomic E-state index is 11.1. The first kappa shape index (κ1) is 15.5. The third kappa shape index (κ3) is 6.22. The highest BCUT2D eigenvalue weighted by atomic mass is 16.5. The summed E-state index contributed by atoms with van der Waals surface area (Å²) in [5, 5.41) is 15.6. The first-order valence-corrected chi connectivity index (χ1v) is 6.40. The molecule has 0 fully saturated rings. The average Bonchev–Trinajstić information content (AvgIpc) is 2.34. The molecule has 106 valence electrons. The number of anilines is 1. The van der Waals surface area contributed by atoms with E-state index in [2.05, 4.69) is 10.6 Å². The lowest BCUT2D eigenvalue weighted by Gasteiger charge is -2.16. The van der Waals surface area contributed by atoms with Crippen molar-refractivity contribution in [3.05, 3.63) is 24.3 Å². The van der Waals surface area contributed by atoms with E-state index >= 15 is 0 Å². The van der Waals surface area contributed by atoms with Gasteiger partial charge in [0.1, 0.15) is 18.5 Å². The number of hydrogen-bond acceptors (Lipinski definition) is 4. The Balaban J connectivity index is 2.50. The van der Waals surface area contributed by atoms with Crippen LogP contribution in [0.5, 0.6) is 5.75 Å². The number of hydrogen-bond donors (Lipinski definition) is 3. The summed E-state index contributed by atoms with van der Waals surface area (Å²) in [7, 11) is 0. The molecule has 0 unspecified atom stereocenters. The van der Waals surface area contributed by atoms with Crippen molar-refractivity contribution in [1.29, 1.82) is 0 Å². The van der Waals surface area contributed by atoms with Gasteiger partial charge in [0.05, 0.1) is 5.69 Å². The number of ether oxygens (including phenoxy) is 1. The van der Waals surface area contributed by atoms with Crippen molar-refractivity contribution >= 4 is 11.6 Å². The minimum atomic E-state index is -0.590. The fourth-order valence-electron chi connectivity index (χ4n) is 1.50. The molecule has 3 N–H and O–H groups in total. The van der Waals surface area contributed by atoms with E-state index in [0.717, 1.165) is 0 Å². The zero-order valence-electron chi connectivity index (χ0n) is 11.6. The highest BCUT2D eigenvalue weighted by molar-refractivity contribution is 5.90. The Morgan fingerprint density at radius 1 is 1.37 bits per heavy atom. The number of benzene rings is 1. The molecule has 0 aliphatic heterocycles. The van der Waals surface area contributed by atoms with Gasteiger partial charge in [0, 0.05) is 19.5 Å². The normalized spacial score (nSPS) is 12.3. The van der Waals surface area contributed by atoms with Gasteiger partial charge in [0.2, 0.25) is 5.91 Å². The SMILES string of the molecule is CC(=O)Nc1ccccc1OC[C@@H](O)CNC(C)C. The third-order valence-corrected chi connectivity index (χ3v) is 2.39. The number of carbonyl (C=O) groups is 1. The highest BCUT2D eigenvalue weighted by Gasteiger charge is 2.09. The van der Waals surface area contributed by atoms with Gasteiger partial charge in [0.15, 0.2) is 0 Å². The fraction of sp³-hybridized carbons (Fsp3) is 0.500. The second-order valence-electron chi connectivity index (χ2n) is 4.71. The monoisotopic (exact) mass is 266 g/mol. The molecule has 0 saturated heterocycles. The van der Waals surface area contributed by atoms with Crippen LogP contribution in [0.2, 0.25) is 0 Å². The average molecular weight is 266 g/mol. The molecule has 0 heterocycles. The minimum absolute atomic E-state index is 0.155. The van der Waals surface area contributed by atoms with E-state index in [0.29, 0.717) is 24.0 Å². The van der Waals surface area contributed by atoms with Crippen LogP contribution in [0.15, 0.2) is 24.3 Å². The summed E-state index contributed by atoms with van der Waals surface area (Å²) in [5.74, 6) is 0.402. The lowest BCUT2D eigenvalue weighted by Crippen LogP contribution is -2.35. The number of nitrogens with one attached hydrogen (secondary N) is 2. The zero-order valence-corrected chi connectivity index (χ0v) is 11.6. The molecule has 0 aliphatic rings. The van der Waals surface area contributed by atoms with Crippen LogP contribution in [-0.2, 0) is 4.79 Å². The largest absolute Gasteiger partial charge is 0.489 e. The first-order valence-electron chi connectivity index (χ1n) is 6.40. The molecule has 1 aromatic rings. The van der Waals surface area contributed by atoms with Crippen LogP contribution in [0.3, 0.4) is 0 Å². The maximum absolute atomic E-state index is 11.1. The number of aliphatic hydroxyl groups excluding tert-OH is 1. The minimum Gasteiger partial charge on any atom is -0.489 e. The number of carbonyl (C=O) groups excluding carboxylic acids is 1. The van der Waals surface area contributed by atoms with Gasteiger partial charge in [-0.3, -0.25) is 4.79 Å². The van der Waals surface area contributed by atoms with Crippen molar-refractivity contribution in [2.75, 3.05) is 18.5 Å². The van der Waals surface area contributed by atoms with E-state index < -0.39 is 6.10 Å². The van der Waals surface area contributed by atoms with Gasteiger partial charge in [0.25, 0.3) is 0 Å². The van der Waals surface area contributed by atoms with Crippen molar-refractivity contribution in [3.63, 3.8) is 0 Å². The summed E-state index contributed by atoms with van der Waals surface area (Å²) in [5.41, 5.74) is 0.610. The van der Waals surface area contributed by atoms with Gasteiger partial charge in [-0.1, -0.05) is 26.0 Å². The molecule has 1 rings (SSSR count). The van der Waals surface area contributed by atoms with Crippen molar-refractivity contribution in [2.45, 2.75) is 32.9 Å². The lowest BCUT2D eigenvalue weighted by molar-refractivity contribution is -0.114.